The molecule has 0 unspecified atom stereocenters. The van der Waals surface area contributed by atoms with E-state index in [0.717, 1.165) is 68.1 Å². The van der Waals surface area contributed by atoms with Gasteiger partial charge in [0.1, 0.15) is 5.75 Å². The van der Waals surface area contributed by atoms with Crippen LogP contribution in [0, 0.1) is 17.8 Å². The van der Waals surface area contributed by atoms with Crippen molar-refractivity contribution in [3.63, 3.8) is 0 Å². The number of benzene rings is 2. The van der Waals surface area contributed by atoms with Crippen LogP contribution in [-0.4, -0.2) is 65.7 Å². The maximum Gasteiger partial charge on any atom is 0.264 e. The summed E-state index contributed by atoms with van der Waals surface area (Å²) < 4.78 is 47.4. The number of rotatable bonds is 4. The van der Waals surface area contributed by atoms with Crippen LogP contribution in [0.2, 0.25) is 5.02 Å². The Bertz CT molecular complexity index is 1580. The maximum atomic E-state index is 13.5. The third kappa shape index (κ3) is 6.01. The highest BCUT2D eigenvalue weighted by molar-refractivity contribution is 7.90. The Kier molecular flexibility index (Phi) is 8.65. The molecule has 5 aliphatic rings. The van der Waals surface area contributed by atoms with E-state index in [-0.39, 0.29) is 17.4 Å². The lowest BCUT2D eigenvalue weighted by Gasteiger charge is -2.46. The number of amides is 1. The molecule has 2 fully saturated rings. The van der Waals surface area contributed by atoms with Crippen LogP contribution in [0.3, 0.4) is 0 Å². The Morgan fingerprint density at radius 1 is 1.09 bits per heavy atom. The number of allylic oxidation sites excluding steroid dienone is 1. The van der Waals surface area contributed by atoms with Gasteiger partial charge in [-0.25, -0.2) is 13.1 Å². The molecule has 2 aromatic rings. The number of halogens is 1. The van der Waals surface area contributed by atoms with Gasteiger partial charge in [-0.05, 0) is 111 Å². The van der Waals surface area contributed by atoms with Crippen LogP contribution in [-0.2, 0) is 31.3 Å². The minimum atomic E-state index is -3.83. The van der Waals surface area contributed by atoms with Gasteiger partial charge in [-0.15, -0.1) is 0 Å². The predicted molar refractivity (Wildman–Crippen MR) is 175 cm³/mol. The first kappa shape index (κ1) is 31.0. The average Bonchev–Trinajstić information content (AvgIpc) is 3.12. The highest BCUT2D eigenvalue weighted by Crippen LogP contribution is 2.47. The molecule has 2 saturated carbocycles. The zero-order chi connectivity index (χ0) is 31.2. The first-order chi connectivity index (χ1) is 21.8. The molecule has 242 valence electrons. The molecule has 8 nitrogen and oxygen atoms in total. The number of hydrogen-bond donors (Lipinski definition) is 1. The van der Waals surface area contributed by atoms with Crippen LogP contribution in [0.5, 0.6) is 5.75 Å². The molecule has 3 aliphatic carbocycles. The first-order valence-electron chi connectivity index (χ1n) is 16.4. The van der Waals surface area contributed by atoms with E-state index in [0.29, 0.717) is 50.1 Å². The molecule has 0 radical (unpaired) electrons. The van der Waals surface area contributed by atoms with Crippen molar-refractivity contribution in [1.82, 2.24) is 4.72 Å². The average molecular weight is 655 g/mol. The van der Waals surface area contributed by atoms with Crippen molar-refractivity contribution < 1.29 is 27.4 Å². The number of aryl methyl sites for hydroxylation is 1. The smallest absolute Gasteiger partial charge is 0.264 e. The fraction of sp³-hybridized carbons (Fsp3) is 0.571. The van der Waals surface area contributed by atoms with E-state index in [1.165, 1.54) is 11.1 Å². The van der Waals surface area contributed by atoms with Crippen LogP contribution < -0.4 is 14.4 Å². The Morgan fingerprint density at radius 3 is 2.73 bits per heavy atom. The van der Waals surface area contributed by atoms with Gasteiger partial charge in [-0.2, -0.15) is 0 Å². The van der Waals surface area contributed by atoms with Crippen LogP contribution in [0.4, 0.5) is 5.69 Å². The summed E-state index contributed by atoms with van der Waals surface area (Å²) in [4.78, 5) is 15.9. The fourth-order valence-electron chi connectivity index (χ4n) is 8.25. The molecule has 1 amide bonds. The van der Waals surface area contributed by atoms with Gasteiger partial charge in [0.05, 0.1) is 36.9 Å². The second-order valence-corrected chi connectivity index (χ2v) is 16.0. The Morgan fingerprint density at radius 2 is 1.96 bits per heavy atom. The molecule has 2 bridgehead atoms. The number of ether oxygens (including phenoxy) is 3. The van der Waals surface area contributed by atoms with Gasteiger partial charge < -0.3 is 19.1 Å². The van der Waals surface area contributed by atoms with Crippen molar-refractivity contribution in [3.05, 3.63) is 70.3 Å². The SMILES string of the molecule is COCCO[C@H]1/C=C/C[C@@H]2CC[C@H]2S(=O)(=O)NC(=O)c2ccc3c(c2)N(C[C@@H]2CC[C@H]21)C[C@@]1(CCCc2cc(Cl)ccc21)CO3. The summed E-state index contributed by atoms with van der Waals surface area (Å²) in [6.07, 6.45) is 11.4. The fourth-order valence-corrected chi connectivity index (χ4v) is 10.2. The summed E-state index contributed by atoms with van der Waals surface area (Å²) in [5, 5.41) is 0.168. The molecule has 0 aromatic heterocycles. The van der Waals surface area contributed by atoms with Crippen LogP contribution >= 0.6 is 11.6 Å². The lowest BCUT2D eigenvalue weighted by atomic mass is 9.68. The molecule has 2 aromatic carbocycles. The zero-order valence-corrected chi connectivity index (χ0v) is 27.5. The number of anilines is 1. The van der Waals surface area contributed by atoms with Gasteiger partial charge in [-0.3, -0.25) is 4.79 Å². The summed E-state index contributed by atoms with van der Waals surface area (Å²) in [6.45, 7) is 3.07. The Labute approximate surface area is 271 Å². The standard InChI is InChI=1S/C35H43ClN2O6S/c1-42-16-17-43-31-6-2-4-23-9-14-33(23)45(40,41)37-34(39)25-8-13-32-30(19-25)38(20-26-7-11-28(26)31)21-35(22-44-32)15-3-5-24-18-27(36)10-12-29(24)35/h2,6,8,10,12-13,18-19,23,26,28,31,33H,3-5,7,9,11,14-17,20-22H2,1H3,(H,37,39)/b6-2+/t23-,26+,28-,31+,33-,35+/m1/s1. The number of hydrogen-bond acceptors (Lipinski definition) is 7. The van der Waals surface area contributed by atoms with Crippen LogP contribution in [0.25, 0.3) is 0 Å². The number of nitrogens with zero attached hydrogens (tertiary/aromatic N) is 1. The number of sulfonamides is 1. The molecule has 2 heterocycles. The number of fused-ring (bicyclic) bond motifs is 5. The zero-order valence-electron chi connectivity index (χ0n) is 25.9. The van der Waals surface area contributed by atoms with E-state index in [1.54, 1.807) is 13.2 Å². The van der Waals surface area contributed by atoms with E-state index in [9.17, 15) is 13.2 Å². The second kappa shape index (κ2) is 12.5. The minimum Gasteiger partial charge on any atom is -0.490 e. The third-order valence-electron chi connectivity index (χ3n) is 11.0. The topological polar surface area (TPSA) is 94.2 Å². The molecular weight excluding hydrogens is 612 g/mol. The predicted octanol–water partition coefficient (Wildman–Crippen LogP) is 5.67. The normalized spacial score (nSPS) is 32.8. The van der Waals surface area contributed by atoms with Crippen LogP contribution in [0.15, 0.2) is 48.6 Å². The monoisotopic (exact) mass is 654 g/mol. The Balaban J connectivity index is 1.28. The largest absolute Gasteiger partial charge is 0.490 e. The number of carbonyl (C=O) groups excluding carboxylic acids is 1. The summed E-state index contributed by atoms with van der Waals surface area (Å²) in [5.41, 5.74) is 3.48. The molecule has 1 N–H and O–H groups in total. The molecule has 7 rings (SSSR count). The van der Waals surface area contributed by atoms with E-state index < -0.39 is 21.2 Å². The molecule has 1 spiro atoms. The molecule has 2 aliphatic heterocycles. The quantitative estimate of drug-likeness (QED) is 0.336. The van der Waals surface area contributed by atoms with Crippen molar-refractivity contribution in [1.29, 1.82) is 0 Å². The van der Waals surface area contributed by atoms with E-state index in [4.69, 9.17) is 25.8 Å². The highest BCUT2D eigenvalue weighted by atomic mass is 35.5. The number of methoxy groups -OCH3 is 1. The Hall–Kier alpha value is -2.59. The lowest BCUT2D eigenvalue weighted by molar-refractivity contribution is -0.0310. The molecular formula is C35H43ClN2O6S. The van der Waals surface area contributed by atoms with Gasteiger partial charge in [0.15, 0.2) is 0 Å². The summed E-state index contributed by atoms with van der Waals surface area (Å²) in [5.74, 6) is 0.837. The minimum absolute atomic E-state index is 0.0170. The molecule has 6 atom stereocenters. The van der Waals surface area contributed by atoms with Crippen molar-refractivity contribution in [2.75, 3.05) is 44.9 Å². The maximum absolute atomic E-state index is 13.5. The van der Waals surface area contributed by atoms with Gasteiger partial charge in [0, 0.05) is 36.2 Å². The summed E-state index contributed by atoms with van der Waals surface area (Å²) in [6, 6.07) is 11.6. The molecule has 45 heavy (non-hydrogen) atoms. The number of carbonyl (C=O) groups is 1. The van der Waals surface area contributed by atoms with Gasteiger partial charge in [0.2, 0.25) is 10.0 Å². The van der Waals surface area contributed by atoms with E-state index >= 15 is 0 Å². The second-order valence-electron chi connectivity index (χ2n) is 13.6. The van der Waals surface area contributed by atoms with Crippen molar-refractivity contribution >= 4 is 33.2 Å². The van der Waals surface area contributed by atoms with Crippen LogP contribution in [0.1, 0.15) is 66.4 Å². The third-order valence-corrected chi connectivity index (χ3v) is 13.1. The first-order valence-corrected chi connectivity index (χ1v) is 18.3. The van der Waals surface area contributed by atoms with Gasteiger partial charge in [0.25, 0.3) is 5.91 Å². The van der Waals surface area contributed by atoms with Crippen molar-refractivity contribution in [3.8, 4) is 5.75 Å². The summed E-state index contributed by atoms with van der Waals surface area (Å²) >= 11 is 6.43. The molecule has 10 heteroatoms. The van der Waals surface area contributed by atoms with Crippen molar-refractivity contribution in [2.24, 2.45) is 17.8 Å². The number of nitrogens with one attached hydrogen (secondary N) is 1. The van der Waals surface area contributed by atoms with Crippen molar-refractivity contribution in [2.45, 2.75) is 68.1 Å². The highest BCUT2D eigenvalue weighted by Gasteiger charge is 2.45. The lowest BCUT2D eigenvalue weighted by Crippen LogP contribution is -2.50. The van der Waals surface area contributed by atoms with Gasteiger partial charge >= 0.3 is 0 Å². The van der Waals surface area contributed by atoms with Gasteiger partial charge in [-0.1, -0.05) is 29.8 Å². The molecule has 0 saturated heterocycles. The summed E-state index contributed by atoms with van der Waals surface area (Å²) in [7, 11) is -2.15. The van der Waals surface area contributed by atoms with E-state index in [1.807, 2.05) is 18.2 Å². The van der Waals surface area contributed by atoms with E-state index in [2.05, 4.69) is 33.9 Å².